The summed E-state index contributed by atoms with van der Waals surface area (Å²) in [5.41, 5.74) is 5.97. The van der Waals surface area contributed by atoms with Crippen LogP contribution in [-0.2, 0) is 6.42 Å². The fraction of sp³-hybridized carbons (Fsp3) is 0.103. The number of ether oxygens (including phenoxy) is 2. The molecule has 0 radical (unpaired) electrons. The molecule has 174 valence electrons. The number of rotatable bonds is 9. The van der Waals surface area contributed by atoms with Crippen LogP contribution in [0, 0.1) is 0 Å². The molecule has 5 rings (SSSR count). The van der Waals surface area contributed by atoms with Gasteiger partial charge in [0.15, 0.2) is 0 Å². The number of pyridine rings is 1. The van der Waals surface area contributed by atoms with E-state index in [0.29, 0.717) is 6.61 Å². The van der Waals surface area contributed by atoms with Gasteiger partial charge < -0.3 is 14.5 Å². The minimum absolute atomic E-state index is 0.554. The lowest BCUT2D eigenvalue weighted by atomic mass is 10.1. The third-order valence-corrected chi connectivity index (χ3v) is 5.64. The molecule has 5 aromatic rings. The van der Waals surface area contributed by atoms with Gasteiger partial charge in [-0.3, -0.25) is 10.1 Å². The molecule has 0 aliphatic heterocycles. The number of benzene rings is 2. The molecule has 0 atom stereocenters. The summed E-state index contributed by atoms with van der Waals surface area (Å²) in [6.07, 6.45) is 12.5. The van der Waals surface area contributed by atoms with Crippen molar-refractivity contribution in [3.05, 3.63) is 107 Å². The Morgan fingerprint density at radius 3 is 2.77 bits per heavy atom. The second-order valence-corrected chi connectivity index (χ2v) is 8.06. The zero-order valence-corrected chi connectivity index (χ0v) is 19.4. The topological polar surface area (TPSA) is 75.8 Å². The van der Waals surface area contributed by atoms with Gasteiger partial charge in [-0.05, 0) is 71.6 Å². The number of methoxy groups -OCH3 is 1. The summed E-state index contributed by atoms with van der Waals surface area (Å²) in [7, 11) is 1.66. The first kappa shape index (κ1) is 22.2. The Morgan fingerprint density at radius 2 is 1.89 bits per heavy atom. The van der Waals surface area contributed by atoms with Gasteiger partial charge in [-0.1, -0.05) is 24.3 Å². The highest BCUT2D eigenvalue weighted by Gasteiger charge is 2.04. The van der Waals surface area contributed by atoms with E-state index in [4.69, 9.17) is 9.47 Å². The number of H-pyrrole nitrogens is 2. The smallest absolute Gasteiger partial charge is 0.129 e. The van der Waals surface area contributed by atoms with E-state index in [1.807, 2.05) is 66.9 Å². The first-order chi connectivity index (χ1) is 17.3. The van der Waals surface area contributed by atoms with Crippen molar-refractivity contribution in [3.63, 3.8) is 0 Å². The van der Waals surface area contributed by atoms with Crippen LogP contribution in [0.25, 0.3) is 35.2 Å². The molecule has 0 saturated heterocycles. The molecule has 0 spiro atoms. The lowest BCUT2D eigenvalue weighted by molar-refractivity contribution is 0.317. The van der Waals surface area contributed by atoms with Gasteiger partial charge >= 0.3 is 0 Å². The zero-order valence-electron chi connectivity index (χ0n) is 19.4. The fourth-order valence-corrected chi connectivity index (χ4v) is 3.79. The van der Waals surface area contributed by atoms with Gasteiger partial charge in [0.05, 0.1) is 25.1 Å². The lowest BCUT2D eigenvalue weighted by Crippen LogP contribution is -2.03. The molecule has 0 saturated carbocycles. The molecule has 3 aromatic heterocycles. The standard InChI is InChI=1S/C29H26N4O2/c1-34-29-20-27(35-17-14-24-4-2-3-15-30-24)12-9-23(29)8-11-26-19-25(32-33-26)10-6-21-5-7-22-13-16-31-28(22)18-21/h2-13,15-16,18-20,31H,14,17H2,1H3,(H,32,33)/b10-6?,11-8+. The highest BCUT2D eigenvalue weighted by Crippen LogP contribution is 2.26. The highest BCUT2D eigenvalue weighted by molar-refractivity contribution is 5.83. The van der Waals surface area contributed by atoms with Crippen molar-refractivity contribution in [2.24, 2.45) is 0 Å². The van der Waals surface area contributed by atoms with Crippen LogP contribution < -0.4 is 9.47 Å². The van der Waals surface area contributed by atoms with Crippen molar-refractivity contribution in [3.8, 4) is 11.5 Å². The average Bonchev–Trinajstić information content (AvgIpc) is 3.56. The molecule has 0 aliphatic carbocycles. The van der Waals surface area contributed by atoms with Crippen molar-refractivity contribution in [2.45, 2.75) is 6.42 Å². The van der Waals surface area contributed by atoms with Crippen LogP contribution in [0.4, 0.5) is 0 Å². The highest BCUT2D eigenvalue weighted by atomic mass is 16.5. The minimum Gasteiger partial charge on any atom is -0.496 e. The van der Waals surface area contributed by atoms with Crippen LogP contribution in [0.1, 0.15) is 28.2 Å². The molecule has 3 heterocycles. The van der Waals surface area contributed by atoms with E-state index in [-0.39, 0.29) is 0 Å². The second kappa shape index (κ2) is 10.6. The molecule has 6 nitrogen and oxygen atoms in total. The third-order valence-electron chi connectivity index (χ3n) is 5.64. The molecule has 2 aromatic carbocycles. The number of aromatic amines is 2. The van der Waals surface area contributed by atoms with Crippen molar-refractivity contribution < 1.29 is 9.47 Å². The number of hydrogen-bond donors (Lipinski definition) is 2. The largest absolute Gasteiger partial charge is 0.496 e. The molecule has 6 heteroatoms. The van der Waals surface area contributed by atoms with Crippen molar-refractivity contribution in [1.82, 2.24) is 20.2 Å². The Kier molecular flexibility index (Phi) is 6.71. The molecule has 0 unspecified atom stereocenters. The molecule has 2 N–H and O–H groups in total. The van der Waals surface area contributed by atoms with E-state index in [1.165, 1.54) is 5.39 Å². The molecular weight excluding hydrogens is 436 g/mol. The summed E-state index contributed by atoms with van der Waals surface area (Å²) in [6, 6.07) is 22.1. The van der Waals surface area contributed by atoms with Gasteiger partial charge in [0.2, 0.25) is 0 Å². The van der Waals surface area contributed by atoms with Crippen LogP contribution in [0.5, 0.6) is 11.5 Å². The molecule has 35 heavy (non-hydrogen) atoms. The Morgan fingerprint density at radius 1 is 0.914 bits per heavy atom. The first-order valence-electron chi connectivity index (χ1n) is 11.5. The predicted octanol–water partition coefficient (Wildman–Crippen LogP) is 6.26. The minimum atomic E-state index is 0.554. The number of hydrogen-bond acceptors (Lipinski definition) is 4. The summed E-state index contributed by atoms with van der Waals surface area (Å²) in [5, 5.41) is 8.65. The van der Waals surface area contributed by atoms with E-state index < -0.39 is 0 Å². The molecule has 0 bridgehead atoms. The number of fused-ring (bicyclic) bond motifs is 1. The number of aromatic nitrogens is 4. The van der Waals surface area contributed by atoms with E-state index in [0.717, 1.165) is 51.6 Å². The first-order valence-corrected chi connectivity index (χ1v) is 11.5. The van der Waals surface area contributed by atoms with Crippen LogP contribution in [0.2, 0.25) is 0 Å². The monoisotopic (exact) mass is 462 g/mol. The van der Waals surface area contributed by atoms with Crippen LogP contribution in [0.15, 0.2) is 79.1 Å². The molecule has 0 fully saturated rings. The van der Waals surface area contributed by atoms with Crippen LogP contribution in [0.3, 0.4) is 0 Å². The zero-order chi connectivity index (χ0) is 23.9. The van der Waals surface area contributed by atoms with Gasteiger partial charge in [0.25, 0.3) is 0 Å². The SMILES string of the molecule is COc1cc(OCCc2ccccn2)ccc1/C=C/c1cc(C=Cc2ccc3cc[nH]c3c2)n[nH]1. The van der Waals surface area contributed by atoms with Gasteiger partial charge in [-0.15, -0.1) is 0 Å². The third kappa shape index (κ3) is 5.68. The van der Waals surface area contributed by atoms with Crippen molar-refractivity contribution in [1.29, 1.82) is 0 Å². The maximum Gasteiger partial charge on any atom is 0.129 e. The molecule has 0 amide bonds. The maximum absolute atomic E-state index is 5.89. The van der Waals surface area contributed by atoms with Gasteiger partial charge in [0, 0.05) is 41.7 Å². The average molecular weight is 463 g/mol. The van der Waals surface area contributed by atoms with E-state index in [2.05, 4.69) is 50.5 Å². The predicted molar refractivity (Wildman–Crippen MR) is 141 cm³/mol. The second-order valence-electron chi connectivity index (χ2n) is 8.06. The Hall–Kier alpha value is -4.58. The van der Waals surface area contributed by atoms with Gasteiger partial charge in [-0.25, -0.2) is 0 Å². The maximum atomic E-state index is 5.89. The van der Waals surface area contributed by atoms with Crippen molar-refractivity contribution >= 4 is 35.2 Å². The lowest BCUT2D eigenvalue weighted by Gasteiger charge is -2.10. The summed E-state index contributed by atoms with van der Waals surface area (Å²) in [6.45, 7) is 0.554. The number of nitrogens with one attached hydrogen (secondary N) is 2. The van der Waals surface area contributed by atoms with Crippen molar-refractivity contribution in [2.75, 3.05) is 13.7 Å². The van der Waals surface area contributed by atoms with Crippen LogP contribution in [-0.4, -0.2) is 33.9 Å². The van der Waals surface area contributed by atoms with Gasteiger partial charge in [0.1, 0.15) is 11.5 Å². The quantitative estimate of drug-likeness (QED) is 0.271. The Balaban J connectivity index is 1.21. The molecule has 0 aliphatic rings. The van der Waals surface area contributed by atoms with E-state index in [9.17, 15) is 0 Å². The normalized spacial score (nSPS) is 11.6. The summed E-state index contributed by atoms with van der Waals surface area (Å²) in [5.74, 6) is 1.51. The Bertz CT molecular complexity index is 1460. The Labute approximate surface area is 204 Å². The molecular formula is C29H26N4O2. The van der Waals surface area contributed by atoms with Gasteiger partial charge in [-0.2, -0.15) is 5.10 Å². The summed E-state index contributed by atoms with van der Waals surface area (Å²) >= 11 is 0. The summed E-state index contributed by atoms with van der Waals surface area (Å²) in [4.78, 5) is 7.56. The fourth-order valence-electron chi connectivity index (χ4n) is 3.79. The van der Waals surface area contributed by atoms with E-state index >= 15 is 0 Å². The van der Waals surface area contributed by atoms with E-state index in [1.54, 1.807) is 13.3 Å². The number of nitrogens with zero attached hydrogens (tertiary/aromatic N) is 2. The summed E-state index contributed by atoms with van der Waals surface area (Å²) < 4.78 is 11.5. The van der Waals surface area contributed by atoms with Crippen LogP contribution >= 0.6 is 0 Å².